The second-order valence-corrected chi connectivity index (χ2v) is 5.61. The zero-order valence-corrected chi connectivity index (χ0v) is 12.4. The summed E-state index contributed by atoms with van der Waals surface area (Å²) in [7, 11) is 0. The second kappa shape index (κ2) is 6.54. The summed E-state index contributed by atoms with van der Waals surface area (Å²) in [5, 5.41) is 3.01. The average molecular weight is 322 g/mol. The number of hydrogen-bond acceptors (Lipinski definition) is 4. The third-order valence-corrected chi connectivity index (χ3v) is 3.80. The van der Waals surface area contributed by atoms with Crippen molar-refractivity contribution < 1.29 is 13.2 Å². The van der Waals surface area contributed by atoms with E-state index in [1.807, 2.05) is 18.2 Å². The van der Waals surface area contributed by atoms with Crippen molar-refractivity contribution in [3.05, 3.63) is 53.9 Å². The Morgan fingerprint density at radius 3 is 2.70 bits per heavy atom. The highest BCUT2D eigenvalue weighted by Crippen LogP contribution is 2.27. The first-order valence-electron chi connectivity index (χ1n) is 7.44. The molecule has 122 valence electrons. The monoisotopic (exact) mass is 322 g/mol. The van der Waals surface area contributed by atoms with E-state index in [1.165, 1.54) is 5.56 Å². The SMILES string of the molecule is FC(F)(F)c1ccnc(NC2CCN(Cc3ccccc3)C2)n1. The Labute approximate surface area is 132 Å². The van der Waals surface area contributed by atoms with Crippen LogP contribution in [0.4, 0.5) is 19.1 Å². The molecule has 1 aliphatic rings. The zero-order chi connectivity index (χ0) is 16.3. The van der Waals surface area contributed by atoms with Gasteiger partial charge in [0.1, 0.15) is 5.69 Å². The van der Waals surface area contributed by atoms with Gasteiger partial charge in [0.2, 0.25) is 5.95 Å². The largest absolute Gasteiger partial charge is 0.433 e. The van der Waals surface area contributed by atoms with Gasteiger partial charge in [-0.3, -0.25) is 4.90 Å². The molecule has 1 fully saturated rings. The molecule has 1 saturated heterocycles. The highest BCUT2D eigenvalue weighted by atomic mass is 19.4. The van der Waals surface area contributed by atoms with Crippen LogP contribution in [0.1, 0.15) is 17.7 Å². The lowest BCUT2D eigenvalue weighted by atomic mass is 10.2. The minimum absolute atomic E-state index is 0.0337. The molecule has 0 aliphatic carbocycles. The van der Waals surface area contributed by atoms with Crippen molar-refractivity contribution in [1.82, 2.24) is 14.9 Å². The molecule has 1 aliphatic heterocycles. The van der Waals surface area contributed by atoms with Crippen LogP contribution in [0.15, 0.2) is 42.6 Å². The Balaban J connectivity index is 1.58. The number of anilines is 1. The fourth-order valence-electron chi connectivity index (χ4n) is 2.70. The Bertz CT molecular complexity index is 645. The van der Waals surface area contributed by atoms with Crippen molar-refractivity contribution in [3.8, 4) is 0 Å². The predicted octanol–water partition coefficient (Wildman–Crippen LogP) is 3.18. The first-order chi connectivity index (χ1) is 11.0. The molecule has 1 unspecified atom stereocenters. The number of halogens is 3. The average Bonchev–Trinajstić information content (AvgIpc) is 2.95. The number of nitrogens with zero attached hydrogens (tertiary/aromatic N) is 3. The number of likely N-dealkylation sites (tertiary alicyclic amines) is 1. The summed E-state index contributed by atoms with van der Waals surface area (Å²) in [6, 6.07) is 11.0. The van der Waals surface area contributed by atoms with Gasteiger partial charge in [-0.2, -0.15) is 13.2 Å². The Morgan fingerprint density at radius 1 is 1.17 bits per heavy atom. The van der Waals surface area contributed by atoms with Crippen LogP contribution >= 0.6 is 0 Å². The quantitative estimate of drug-likeness (QED) is 0.939. The number of nitrogens with one attached hydrogen (secondary N) is 1. The molecule has 1 aromatic carbocycles. The first-order valence-corrected chi connectivity index (χ1v) is 7.44. The molecule has 1 N–H and O–H groups in total. The van der Waals surface area contributed by atoms with E-state index in [0.717, 1.165) is 38.3 Å². The maximum atomic E-state index is 12.7. The van der Waals surface area contributed by atoms with Crippen LogP contribution in [-0.4, -0.2) is 34.0 Å². The van der Waals surface area contributed by atoms with E-state index in [0.29, 0.717) is 0 Å². The maximum absolute atomic E-state index is 12.7. The van der Waals surface area contributed by atoms with Gasteiger partial charge >= 0.3 is 6.18 Å². The molecule has 1 aromatic heterocycles. The van der Waals surface area contributed by atoms with Crippen LogP contribution < -0.4 is 5.32 Å². The van der Waals surface area contributed by atoms with Gasteiger partial charge in [-0.1, -0.05) is 30.3 Å². The summed E-state index contributed by atoms with van der Waals surface area (Å²) in [5.41, 5.74) is 0.303. The predicted molar refractivity (Wildman–Crippen MR) is 80.8 cm³/mol. The second-order valence-electron chi connectivity index (χ2n) is 5.61. The Kier molecular flexibility index (Phi) is 4.47. The van der Waals surface area contributed by atoms with Crippen molar-refractivity contribution in [2.75, 3.05) is 18.4 Å². The molecular formula is C16H17F3N4. The molecule has 2 aromatic rings. The first kappa shape index (κ1) is 15.7. The standard InChI is InChI=1S/C16H17F3N4/c17-16(18,19)14-6-8-20-15(22-14)21-13-7-9-23(11-13)10-12-4-2-1-3-5-12/h1-6,8,13H,7,9-11H2,(H,20,21,22). The smallest absolute Gasteiger partial charge is 0.350 e. The molecule has 0 spiro atoms. The minimum Gasteiger partial charge on any atom is -0.350 e. The molecule has 23 heavy (non-hydrogen) atoms. The van der Waals surface area contributed by atoms with Gasteiger partial charge in [0.15, 0.2) is 0 Å². The van der Waals surface area contributed by atoms with Crippen LogP contribution in [-0.2, 0) is 12.7 Å². The van der Waals surface area contributed by atoms with E-state index < -0.39 is 11.9 Å². The lowest BCUT2D eigenvalue weighted by Crippen LogP contribution is -2.27. The Morgan fingerprint density at radius 2 is 1.96 bits per heavy atom. The number of benzene rings is 1. The summed E-state index contributed by atoms with van der Waals surface area (Å²) in [6.07, 6.45) is -2.46. The fraction of sp³-hybridized carbons (Fsp3) is 0.375. The number of hydrogen-bond donors (Lipinski definition) is 1. The van der Waals surface area contributed by atoms with Gasteiger partial charge in [-0.25, -0.2) is 9.97 Å². The van der Waals surface area contributed by atoms with E-state index in [1.54, 1.807) is 0 Å². The molecule has 3 rings (SSSR count). The van der Waals surface area contributed by atoms with Crippen molar-refractivity contribution in [1.29, 1.82) is 0 Å². The summed E-state index contributed by atoms with van der Waals surface area (Å²) in [5.74, 6) is 0.0337. The van der Waals surface area contributed by atoms with Crippen LogP contribution in [0.3, 0.4) is 0 Å². The van der Waals surface area contributed by atoms with E-state index >= 15 is 0 Å². The van der Waals surface area contributed by atoms with Crippen molar-refractivity contribution in [2.24, 2.45) is 0 Å². The summed E-state index contributed by atoms with van der Waals surface area (Å²) >= 11 is 0. The maximum Gasteiger partial charge on any atom is 0.433 e. The van der Waals surface area contributed by atoms with Gasteiger partial charge < -0.3 is 5.32 Å². The molecule has 0 amide bonds. The van der Waals surface area contributed by atoms with Gasteiger partial charge in [-0.05, 0) is 18.1 Å². The highest BCUT2D eigenvalue weighted by molar-refractivity contribution is 5.28. The molecule has 1 atom stereocenters. The van der Waals surface area contributed by atoms with E-state index in [9.17, 15) is 13.2 Å². The third kappa shape index (κ3) is 4.19. The normalized spacial score (nSPS) is 19.0. The van der Waals surface area contributed by atoms with Gasteiger partial charge in [-0.15, -0.1) is 0 Å². The molecular weight excluding hydrogens is 305 g/mol. The summed E-state index contributed by atoms with van der Waals surface area (Å²) in [4.78, 5) is 9.70. The lowest BCUT2D eigenvalue weighted by Gasteiger charge is -2.17. The molecule has 2 heterocycles. The minimum atomic E-state index is -4.45. The fourth-order valence-corrected chi connectivity index (χ4v) is 2.70. The molecule has 0 radical (unpaired) electrons. The van der Waals surface area contributed by atoms with E-state index in [4.69, 9.17) is 0 Å². The van der Waals surface area contributed by atoms with Gasteiger partial charge in [0.25, 0.3) is 0 Å². The third-order valence-electron chi connectivity index (χ3n) is 3.80. The van der Waals surface area contributed by atoms with Gasteiger partial charge in [0.05, 0.1) is 0 Å². The zero-order valence-electron chi connectivity index (χ0n) is 12.4. The number of alkyl halides is 3. The highest BCUT2D eigenvalue weighted by Gasteiger charge is 2.33. The van der Waals surface area contributed by atoms with Crippen LogP contribution in [0.5, 0.6) is 0 Å². The van der Waals surface area contributed by atoms with Gasteiger partial charge in [0, 0.05) is 31.9 Å². The molecule has 4 nitrogen and oxygen atoms in total. The van der Waals surface area contributed by atoms with Crippen LogP contribution in [0.2, 0.25) is 0 Å². The lowest BCUT2D eigenvalue weighted by molar-refractivity contribution is -0.141. The summed E-state index contributed by atoms with van der Waals surface area (Å²) < 4.78 is 38.0. The Hall–Kier alpha value is -2.15. The van der Waals surface area contributed by atoms with Crippen molar-refractivity contribution in [2.45, 2.75) is 25.2 Å². The topological polar surface area (TPSA) is 41.1 Å². The molecule has 0 saturated carbocycles. The van der Waals surface area contributed by atoms with Crippen LogP contribution in [0, 0.1) is 0 Å². The van der Waals surface area contributed by atoms with Crippen molar-refractivity contribution >= 4 is 5.95 Å². The van der Waals surface area contributed by atoms with E-state index in [-0.39, 0.29) is 12.0 Å². The number of rotatable bonds is 4. The summed E-state index contributed by atoms with van der Waals surface area (Å²) in [6.45, 7) is 2.49. The van der Waals surface area contributed by atoms with Crippen molar-refractivity contribution in [3.63, 3.8) is 0 Å². The molecule has 0 bridgehead atoms. The molecule has 7 heteroatoms. The number of aromatic nitrogens is 2. The van der Waals surface area contributed by atoms with E-state index in [2.05, 4.69) is 32.3 Å². The van der Waals surface area contributed by atoms with Crippen LogP contribution in [0.25, 0.3) is 0 Å².